The van der Waals surface area contributed by atoms with E-state index in [2.05, 4.69) is 41.3 Å². The van der Waals surface area contributed by atoms with Crippen molar-refractivity contribution in [3.05, 3.63) is 54.7 Å². The first-order chi connectivity index (χ1) is 9.72. The van der Waals surface area contributed by atoms with Gasteiger partial charge in [0.15, 0.2) is 0 Å². The fraction of sp³-hybridized carbons (Fsp3) is 0.267. The summed E-state index contributed by atoms with van der Waals surface area (Å²) in [5.41, 5.74) is 3.04. The Bertz CT molecular complexity index is 681. The molecule has 0 aliphatic heterocycles. The van der Waals surface area contributed by atoms with Gasteiger partial charge >= 0.3 is 0 Å². The van der Waals surface area contributed by atoms with Crippen molar-refractivity contribution in [2.24, 2.45) is 0 Å². The number of hydrogen-bond donors (Lipinski definition) is 0. The minimum atomic E-state index is 0.332. The Labute approximate surface area is 117 Å². The molecule has 0 N–H and O–H groups in total. The van der Waals surface area contributed by atoms with Crippen LogP contribution in [0.5, 0.6) is 0 Å². The molecule has 0 aliphatic carbocycles. The topological polar surface area (TPSA) is 48.5 Å². The molecule has 5 nitrogen and oxygen atoms in total. The third kappa shape index (κ3) is 2.61. The summed E-state index contributed by atoms with van der Waals surface area (Å²) in [7, 11) is 0. The predicted molar refractivity (Wildman–Crippen MR) is 77.2 cm³/mol. The molecule has 0 fully saturated rings. The van der Waals surface area contributed by atoms with Gasteiger partial charge in [-0.3, -0.25) is 0 Å². The van der Waals surface area contributed by atoms with Crippen molar-refractivity contribution in [3.63, 3.8) is 0 Å². The maximum Gasteiger partial charge on any atom is 0.102 e. The number of nitrogens with zero attached hydrogens (tertiary/aromatic N) is 5. The van der Waals surface area contributed by atoms with E-state index in [1.165, 1.54) is 0 Å². The fourth-order valence-electron chi connectivity index (χ4n) is 2.03. The second-order valence-electron chi connectivity index (χ2n) is 5.08. The lowest BCUT2D eigenvalue weighted by molar-refractivity contribution is 0.514. The summed E-state index contributed by atoms with van der Waals surface area (Å²) >= 11 is 0. The smallest absolute Gasteiger partial charge is 0.102 e. The van der Waals surface area contributed by atoms with Crippen molar-refractivity contribution < 1.29 is 0 Å². The van der Waals surface area contributed by atoms with Gasteiger partial charge in [0.25, 0.3) is 0 Å². The maximum absolute atomic E-state index is 4.43. The highest BCUT2D eigenvalue weighted by atomic mass is 15.4. The van der Waals surface area contributed by atoms with Crippen LogP contribution in [0, 0.1) is 0 Å². The van der Waals surface area contributed by atoms with Gasteiger partial charge in [-0.25, -0.2) is 9.67 Å². The number of hydrogen-bond acceptors (Lipinski definition) is 3. The Balaban J connectivity index is 1.77. The molecule has 20 heavy (non-hydrogen) atoms. The molecule has 0 spiro atoms. The average Bonchev–Trinajstić information content (AvgIpc) is 3.10. The van der Waals surface area contributed by atoms with Crippen molar-refractivity contribution in [1.29, 1.82) is 0 Å². The molecule has 1 aromatic carbocycles. The summed E-state index contributed by atoms with van der Waals surface area (Å²) < 4.78 is 3.89. The van der Waals surface area contributed by atoms with Gasteiger partial charge in [-0.1, -0.05) is 35.5 Å². The monoisotopic (exact) mass is 267 g/mol. The van der Waals surface area contributed by atoms with E-state index in [0.717, 1.165) is 17.0 Å². The SMILES string of the molecule is CC(C)n1cc(Cn2cnc(-c3ccccc3)c2)nn1. The van der Waals surface area contributed by atoms with E-state index in [4.69, 9.17) is 0 Å². The number of rotatable bonds is 4. The second kappa shape index (κ2) is 5.28. The molecule has 102 valence electrons. The molecule has 0 bridgehead atoms. The minimum absolute atomic E-state index is 0.332. The van der Waals surface area contributed by atoms with Crippen LogP contribution < -0.4 is 0 Å². The van der Waals surface area contributed by atoms with Crippen LogP contribution >= 0.6 is 0 Å². The summed E-state index contributed by atoms with van der Waals surface area (Å²) in [6.45, 7) is 4.86. The molecule has 3 aromatic rings. The van der Waals surface area contributed by atoms with Crippen molar-refractivity contribution in [2.75, 3.05) is 0 Å². The predicted octanol–water partition coefficient (Wildman–Crippen LogP) is 2.77. The average molecular weight is 267 g/mol. The highest BCUT2D eigenvalue weighted by Crippen LogP contribution is 2.16. The molecule has 5 heteroatoms. The maximum atomic E-state index is 4.43. The lowest BCUT2D eigenvalue weighted by Crippen LogP contribution is -2.00. The van der Waals surface area contributed by atoms with Crippen LogP contribution in [-0.4, -0.2) is 24.5 Å². The van der Waals surface area contributed by atoms with Crippen LogP contribution in [0.3, 0.4) is 0 Å². The zero-order valence-electron chi connectivity index (χ0n) is 11.6. The van der Waals surface area contributed by atoms with Crippen molar-refractivity contribution in [2.45, 2.75) is 26.4 Å². The number of imidazole rings is 1. The molecule has 0 unspecified atom stereocenters. The highest BCUT2D eigenvalue weighted by molar-refractivity contribution is 5.57. The van der Waals surface area contributed by atoms with E-state index in [1.807, 2.05) is 46.2 Å². The molecule has 3 rings (SSSR count). The summed E-state index contributed by atoms with van der Waals surface area (Å²) in [4.78, 5) is 4.43. The van der Waals surface area contributed by atoms with Gasteiger partial charge in [0.1, 0.15) is 5.69 Å². The van der Waals surface area contributed by atoms with Gasteiger partial charge in [0, 0.05) is 17.8 Å². The molecule has 0 radical (unpaired) electrons. The Hall–Kier alpha value is -2.43. The third-order valence-corrected chi connectivity index (χ3v) is 3.13. The Morgan fingerprint density at radius 3 is 2.60 bits per heavy atom. The zero-order valence-corrected chi connectivity index (χ0v) is 11.6. The quantitative estimate of drug-likeness (QED) is 0.730. The Morgan fingerprint density at radius 2 is 1.90 bits per heavy atom. The second-order valence-corrected chi connectivity index (χ2v) is 5.08. The van der Waals surface area contributed by atoms with Crippen molar-refractivity contribution >= 4 is 0 Å². The molecule has 0 saturated carbocycles. The highest BCUT2D eigenvalue weighted by Gasteiger charge is 2.06. The van der Waals surface area contributed by atoms with Crippen molar-refractivity contribution in [1.82, 2.24) is 24.5 Å². The molecule has 0 aliphatic rings. The number of aromatic nitrogens is 5. The van der Waals surface area contributed by atoms with E-state index in [0.29, 0.717) is 12.6 Å². The molecule has 2 aromatic heterocycles. The summed E-state index contributed by atoms with van der Waals surface area (Å²) in [5.74, 6) is 0. The fourth-order valence-corrected chi connectivity index (χ4v) is 2.03. The van der Waals surface area contributed by atoms with E-state index >= 15 is 0 Å². The molecule has 0 saturated heterocycles. The van der Waals surface area contributed by atoms with Crippen molar-refractivity contribution in [3.8, 4) is 11.3 Å². The zero-order chi connectivity index (χ0) is 13.9. The van der Waals surface area contributed by atoms with Crippen LogP contribution in [0.2, 0.25) is 0 Å². The normalized spacial score (nSPS) is 11.2. The first kappa shape index (κ1) is 12.6. The Morgan fingerprint density at radius 1 is 1.10 bits per heavy atom. The molecular weight excluding hydrogens is 250 g/mol. The van der Waals surface area contributed by atoms with Crippen LogP contribution in [0.15, 0.2) is 49.1 Å². The van der Waals surface area contributed by atoms with E-state index in [9.17, 15) is 0 Å². The van der Waals surface area contributed by atoms with Crippen LogP contribution in [0.25, 0.3) is 11.3 Å². The largest absolute Gasteiger partial charge is 0.331 e. The van der Waals surface area contributed by atoms with Crippen LogP contribution in [0.1, 0.15) is 25.6 Å². The lowest BCUT2D eigenvalue weighted by Gasteiger charge is -2.01. The number of benzene rings is 1. The lowest BCUT2D eigenvalue weighted by atomic mass is 10.2. The van der Waals surface area contributed by atoms with Gasteiger partial charge in [-0.05, 0) is 13.8 Å². The minimum Gasteiger partial charge on any atom is -0.331 e. The van der Waals surface area contributed by atoms with Crippen LogP contribution in [-0.2, 0) is 6.54 Å². The summed E-state index contributed by atoms with van der Waals surface area (Å²) in [5, 5.41) is 8.29. The first-order valence-corrected chi connectivity index (χ1v) is 6.70. The first-order valence-electron chi connectivity index (χ1n) is 6.70. The van der Waals surface area contributed by atoms with Gasteiger partial charge in [-0.15, -0.1) is 5.10 Å². The van der Waals surface area contributed by atoms with Gasteiger partial charge in [0.05, 0.1) is 24.8 Å². The van der Waals surface area contributed by atoms with Gasteiger partial charge in [-0.2, -0.15) is 0 Å². The summed E-state index contributed by atoms with van der Waals surface area (Å²) in [6.07, 6.45) is 5.84. The molecule has 2 heterocycles. The Kier molecular flexibility index (Phi) is 3.33. The molecule has 0 amide bonds. The summed E-state index contributed by atoms with van der Waals surface area (Å²) in [6, 6.07) is 10.5. The standard InChI is InChI=1S/C15H17N5/c1-12(2)20-9-14(17-18-20)8-19-10-15(16-11-19)13-6-4-3-5-7-13/h3-7,9-12H,8H2,1-2H3. The third-order valence-electron chi connectivity index (χ3n) is 3.13. The molecular formula is C15H17N5. The van der Waals surface area contributed by atoms with Crippen LogP contribution in [0.4, 0.5) is 0 Å². The molecule has 0 atom stereocenters. The van der Waals surface area contributed by atoms with E-state index in [1.54, 1.807) is 0 Å². The van der Waals surface area contributed by atoms with E-state index in [-0.39, 0.29) is 0 Å². The van der Waals surface area contributed by atoms with Gasteiger partial charge in [0.2, 0.25) is 0 Å². The van der Waals surface area contributed by atoms with Gasteiger partial charge < -0.3 is 4.57 Å². The van der Waals surface area contributed by atoms with E-state index < -0.39 is 0 Å².